The Morgan fingerprint density at radius 2 is 2.05 bits per heavy atom. The van der Waals surface area contributed by atoms with Gasteiger partial charge >= 0.3 is 0 Å². The van der Waals surface area contributed by atoms with Gasteiger partial charge in [0, 0.05) is 25.0 Å². The van der Waals surface area contributed by atoms with E-state index in [1.54, 1.807) is 37.6 Å². The van der Waals surface area contributed by atoms with Crippen LogP contribution in [0.2, 0.25) is 0 Å². The van der Waals surface area contributed by atoms with Gasteiger partial charge in [-0.05, 0) is 18.2 Å². The molecule has 1 heterocycles. The van der Waals surface area contributed by atoms with Crippen LogP contribution in [0.3, 0.4) is 0 Å². The van der Waals surface area contributed by atoms with Crippen molar-refractivity contribution in [3.05, 3.63) is 36.2 Å². The van der Waals surface area contributed by atoms with E-state index in [-0.39, 0.29) is 18.3 Å². The molecule has 1 amide bonds. The van der Waals surface area contributed by atoms with E-state index >= 15 is 0 Å². The van der Waals surface area contributed by atoms with Gasteiger partial charge in [-0.2, -0.15) is 0 Å². The molecule has 0 aliphatic rings. The van der Waals surface area contributed by atoms with Gasteiger partial charge in [-0.1, -0.05) is 5.16 Å². The third kappa shape index (κ3) is 2.76. The molecule has 3 N–H and O–H groups in total. The van der Waals surface area contributed by atoms with Crippen LogP contribution in [0, 0.1) is 0 Å². The minimum Gasteiger partial charge on any atom is -0.409 e. The van der Waals surface area contributed by atoms with Crippen molar-refractivity contribution in [2.45, 2.75) is 0 Å². The van der Waals surface area contributed by atoms with E-state index in [4.69, 9.17) is 10.9 Å². The third-order valence-corrected chi connectivity index (χ3v) is 2.59. The molecule has 19 heavy (non-hydrogen) atoms. The predicted octanol–water partition coefficient (Wildman–Crippen LogP) is 0.448. The molecule has 0 unspecified atom stereocenters. The van der Waals surface area contributed by atoms with Crippen LogP contribution < -0.4 is 5.73 Å². The number of benzene rings is 1. The number of hydrogen-bond donors (Lipinski definition) is 2. The maximum Gasteiger partial charge on any atom is 0.254 e. The van der Waals surface area contributed by atoms with Crippen molar-refractivity contribution in [3.8, 4) is 0 Å². The molecule has 2 aromatic rings. The van der Waals surface area contributed by atoms with Crippen LogP contribution in [0.25, 0.3) is 11.0 Å². The highest BCUT2D eigenvalue weighted by Crippen LogP contribution is 2.12. The molecular weight excluding hydrogens is 246 g/mol. The number of rotatable bonds is 3. The molecule has 2 rings (SSSR count). The van der Waals surface area contributed by atoms with Crippen molar-refractivity contribution < 1.29 is 10.0 Å². The molecule has 0 aliphatic heterocycles. The molecule has 0 radical (unpaired) electrons. The summed E-state index contributed by atoms with van der Waals surface area (Å²) < 4.78 is 0. The fourth-order valence-electron chi connectivity index (χ4n) is 1.66. The molecule has 0 bridgehead atoms. The average molecular weight is 259 g/mol. The maximum absolute atomic E-state index is 12.1. The summed E-state index contributed by atoms with van der Waals surface area (Å²) in [4.78, 5) is 21.7. The van der Waals surface area contributed by atoms with E-state index in [1.807, 2.05) is 0 Å². The van der Waals surface area contributed by atoms with E-state index in [1.165, 1.54) is 4.90 Å². The van der Waals surface area contributed by atoms with Crippen LogP contribution in [0.4, 0.5) is 0 Å². The molecule has 7 nitrogen and oxygen atoms in total. The SMILES string of the molecule is CN(CC(N)=NO)C(=O)c1ccc2nccnc2c1. The molecule has 1 aromatic heterocycles. The van der Waals surface area contributed by atoms with Gasteiger partial charge in [0.1, 0.15) is 0 Å². The molecule has 0 fully saturated rings. The molecule has 0 atom stereocenters. The number of hydrogen-bond acceptors (Lipinski definition) is 5. The van der Waals surface area contributed by atoms with Gasteiger partial charge in [-0.15, -0.1) is 0 Å². The molecule has 0 saturated heterocycles. The maximum atomic E-state index is 12.1. The Bertz CT molecular complexity index is 641. The van der Waals surface area contributed by atoms with Crippen molar-refractivity contribution >= 4 is 22.8 Å². The van der Waals surface area contributed by atoms with Gasteiger partial charge in [-0.25, -0.2) is 0 Å². The first-order chi connectivity index (χ1) is 9.11. The summed E-state index contributed by atoms with van der Waals surface area (Å²) in [6, 6.07) is 5.06. The Hall–Kier alpha value is -2.70. The monoisotopic (exact) mass is 259 g/mol. The van der Waals surface area contributed by atoms with Crippen LogP contribution in [-0.2, 0) is 0 Å². The molecular formula is C12H13N5O2. The highest BCUT2D eigenvalue weighted by molar-refractivity contribution is 5.99. The number of amidine groups is 1. The van der Waals surface area contributed by atoms with Crippen LogP contribution >= 0.6 is 0 Å². The number of oxime groups is 1. The van der Waals surface area contributed by atoms with E-state index < -0.39 is 0 Å². The normalized spacial score (nSPS) is 11.5. The first kappa shape index (κ1) is 12.7. The van der Waals surface area contributed by atoms with Crippen molar-refractivity contribution in [1.82, 2.24) is 14.9 Å². The third-order valence-electron chi connectivity index (χ3n) is 2.59. The number of aromatic nitrogens is 2. The molecule has 0 saturated carbocycles. The Balaban J connectivity index is 2.26. The minimum atomic E-state index is -0.237. The Kier molecular flexibility index (Phi) is 3.56. The lowest BCUT2D eigenvalue weighted by Gasteiger charge is -2.16. The van der Waals surface area contributed by atoms with E-state index in [2.05, 4.69) is 15.1 Å². The van der Waals surface area contributed by atoms with Crippen LogP contribution in [-0.4, -0.2) is 45.4 Å². The van der Waals surface area contributed by atoms with Crippen LogP contribution in [0.15, 0.2) is 35.7 Å². The quantitative estimate of drug-likeness (QED) is 0.360. The van der Waals surface area contributed by atoms with E-state index in [0.29, 0.717) is 11.1 Å². The second kappa shape index (κ2) is 5.30. The molecule has 1 aromatic carbocycles. The van der Waals surface area contributed by atoms with Gasteiger partial charge in [-0.3, -0.25) is 14.8 Å². The lowest BCUT2D eigenvalue weighted by atomic mass is 10.1. The summed E-state index contributed by atoms with van der Waals surface area (Å²) in [5.41, 5.74) is 7.20. The standard InChI is InChI=1S/C12H13N5O2/c1-17(7-11(13)16-19)12(18)8-2-3-9-10(6-8)15-5-4-14-9/h2-6,19H,7H2,1H3,(H2,13,16). The average Bonchev–Trinajstić information content (AvgIpc) is 2.45. The summed E-state index contributed by atoms with van der Waals surface area (Å²) >= 11 is 0. The number of amides is 1. The Labute approximate surface area is 109 Å². The highest BCUT2D eigenvalue weighted by Gasteiger charge is 2.13. The lowest BCUT2D eigenvalue weighted by Crippen LogP contribution is -2.35. The summed E-state index contributed by atoms with van der Waals surface area (Å²) in [6.45, 7) is 0.0494. The van der Waals surface area contributed by atoms with Crippen molar-refractivity contribution in [2.75, 3.05) is 13.6 Å². The minimum absolute atomic E-state index is 0.0311. The molecule has 0 aliphatic carbocycles. The molecule has 98 valence electrons. The van der Waals surface area contributed by atoms with Crippen molar-refractivity contribution in [1.29, 1.82) is 0 Å². The predicted molar refractivity (Wildman–Crippen MR) is 69.9 cm³/mol. The molecule has 0 spiro atoms. The van der Waals surface area contributed by atoms with Gasteiger partial charge in [0.2, 0.25) is 0 Å². The number of nitrogens with two attached hydrogens (primary N) is 1. The summed E-state index contributed by atoms with van der Waals surface area (Å²) in [7, 11) is 1.57. The van der Waals surface area contributed by atoms with Crippen LogP contribution in [0.5, 0.6) is 0 Å². The molecule has 7 heteroatoms. The first-order valence-corrected chi connectivity index (χ1v) is 5.54. The second-order valence-electron chi connectivity index (χ2n) is 4.01. The largest absolute Gasteiger partial charge is 0.409 e. The summed E-state index contributed by atoms with van der Waals surface area (Å²) in [6.07, 6.45) is 3.16. The fourth-order valence-corrected chi connectivity index (χ4v) is 1.66. The number of carbonyl (C=O) groups excluding carboxylic acids is 1. The first-order valence-electron chi connectivity index (χ1n) is 5.54. The highest BCUT2D eigenvalue weighted by atomic mass is 16.4. The zero-order valence-corrected chi connectivity index (χ0v) is 10.3. The topological polar surface area (TPSA) is 105 Å². The smallest absolute Gasteiger partial charge is 0.254 e. The van der Waals surface area contributed by atoms with E-state index in [9.17, 15) is 4.79 Å². The lowest BCUT2D eigenvalue weighted by molar-refractivity contribution is 0.0814. The Morgan fingerprint density at radius 3 is 2.74 bits per heavy atom. The summed E-state index contributed by atoms with van der Waals surface area (Å²) in [5, 5.41) is 11.3. The van der Waals surface area contributed by atoms with Gasteiger partial charge in [0.15, 0.2) is 5.84 Å². The van der Waals surface area contributed by atoms with Crippen molar-refractivity contribution in [3.63, 3.8) is 0 Å². The summed E-state index contributed by atoms with van der Waals surface area (Å²) in [5.74, 6) is -0.268. The zero-order chi connectivity index (χ0) is 13.8. The second-order valence-corrected chi connectivity index (χ2v) is 4.01. The van der Waals surface area contributed by atoms with Crippen LogP contribution in [0.1, 0.15) is 10.4 Å². The fraction of sp³-hybridized carbons (Fsp3) is 0.167. The van der Waals surface area contributed by atoms with Gasteiger partial charge in [0.25, 0.3) is 5.91 Å². The number of likely N-dealkylation sites (N-methyl/N-ethyl adjacent to an activating group) is 1. The van der Waals surface area contributed by atoms with Crippen molar-refractivity contribution in [2.24, 2.45) is 10.9 Å². The number of nitrogens with zero attached hydrogens (tertiary/aromatic N) is 4. The zero-order valence-electron chi connectivity index (χ0n) is 10.3. The number of fused-ring (bicyclic) bond motifs is 1. The Morgan fingerprint density at radius 1 is 1.37 bits per heavy atom. The van der Waals surface area contributed by atoms with Gasteiger partial charge in [0.05, 0.1) is 17.6 Å². The van der Waals surface area contributed by atoms with Gasteiger partial charge < -0.3 is 15.8 Å². The van der Waals surface area contributed by atoms with E-state index in [0.717, 1.165) is 5.52 Å². The number of carbonyl (C=O) groups is 1.